The summed E-state index contributed by atoms with van der Waals surface area (Å²) in [4.78, 5) is 12.3. The van der Waals surface area contributed by atoms with Gasteiger partial charge in [-0.2, -0.15) is 5.10 Å². The number of ether oxygens (including phenoxy) is 3. The molecule has 34 heavy (non-hydrogen) atoms. The number of amides is 1. The first kappa shape index (κ1) is 22.7. The zero-order chi connectivity index (χ0) is 23.9. The molecular weight excluding hydrogens is 432 g/mol. The molecule has 7 nitrogen and oxygen atoms in total. The normalized spacial score (nSPS) is 10.9. The minimum atomic E-state index is -0.543. The van der Waals surface area contributed by atoms with Crippen molar-refractivity contribution >= 4 is 22.9 Å². The van der Waals surface area contributed by atoms with Gasteiger partial charge in [-0.05, 0) is 52.2 Å². The fourth-order valence-electron chi connectivity index (χ4n) is 3.51. The van der Waals surface area contributed by atoms with E-state index in [1.54, 1.807) is 25.3 Å². The van der Waals surface area contributed by atoms with Gasteiger partial charge >= 0.3 is 0 Å². The lowest BCUT2D eigenvalue weighted by molar-refractivity contribution is 0.0952. The Kier molecular flexibility index (Phi) is 6.93. The molecule has 0 aliphatic carbocycles. The zero-order valence-corrected chi connectivity index (χ0v) is 18.8. The third-order valence-electron chi connectivity index (χ3n) is 5.28. The van der Waals surface area contributed by atoms with E-state index < -0.39 is 5.91 Å². The number of fused-ring (bicyclic) bond motifs is 1. The van der Waals surface area contributed by atoms with Crippen LogP contribution >= 0.6 is 0 Å². The van der Waals surface area contributed by atoms with Gasteiger partial charge in [0, 0.05) is 6.07 Å². The molecule has 0 aromatic heterocycles. The summed E-state index contributed by atoms with van der Waals surface area (Å²) in [5, 5.41) is 16.3. The molecule has 0 unspecified atom stereocenters. The maximum Gasteiger partial charge on any atom is 0.275 e. The number of nitrogens with zero attached hydrogens (tertiary/aromatic N) is 1. The summed E-state index contributed by atoms with van der Waals surface area (Å²) in [7, 11) is 3.04. The summed E-state index contributed by atoms with van der Waals surface area (Å²) in [6.45, 7) is 0.395. The molecular formula is C27H24N2O5. The van der Waals surface area contributed by atoms with Crippen LogP contribution in [0.1, 0.15) is 21.5 Å². The number of carbonyl (C=O) groups is 1. The van der Waals surface area contributed by atoms with E-state index in [4.69, 9.17) is 14.2 Å². The van der Waals surface area contributed by atoms with Crippen LogP contribution in [-0.4, -0.2) is 31.4 Å². The standard InChI is InChI=1S/C27H24N2O5/c1-32-21-11-12-23(24(30)15-21)27(31)29-28-16-18-10-13-25(26(14-18)33-2)34-17-20-8-5-7-19-6-3-4-9-22(19)20/h3-16,30H,17H2,1-2H3,(H,29,31)/b28-16-. The molecule has 0 atom stereocenters. The maximum atomic E-state index is 12.3. The Bertz CT molecular complexity index is 1340. The van der Waals surface area contributed by atoms with Gasteiger partial charge in [-0.15, -0.1) is 0 Å². The average molecular weight is 456 g/mol. The Morgan fingerprint density at radius 3 is 2.56 bits per heavy atom. The lowest BCUT2D eigenvalue weighted by Crippen LogP contribution is -2.17. The van der Waals surface area contributed by atoms with E-state index in [-0.39, 0.29) is 11.3 Å². The minimum Gasteiger partial charge on any atom is -0.507 e. The first-order valence-electron chi connectivity index (χ1n) is 10.6. The van der Waals surface area contributed by atoms with Gasteiger partial charge in [-0.25, -0.2) is 5.43 Å². The van der Waals surface area contributed by atoms with Gasteiger partial charge in [0.15, 0.2) is 11.5 Å². The first-order chi connectivity index (χ1) is 16.6. The number of phenols is 1. The number of hydrogen-bond acceptors (Lipinski definition) is 6. The van der Waals surface area contributed by atoms with Crippen LogP contribution in [0.15, 0.2) is 84.0 Å². The van der Waals surface area contributed by atoms with Crippen LogP contribution in [-0.2, 0) is 6.61 Å². The summed E-state index contributed by atoms with van der Waals surface area (Å²) < 4.78 is 16.5. The van der Waals surface area contributed by atoms with Crippen LogP contribution in [0.4, 0.5) is 0 Å². The van der Waals surface area contributed by atoms with E-state index in [0.29, 0.717) is 29.4 Å². The Balaban J connectivity index is 1.42. The van der Waals surface area contributed by atoms with Crippen LogP contribution in [0.2, 0.25) is 0 Å². The summed E-state index contributed by atoms with van der Waals surface area (Å²) in [5.41, 5.74) is 4.27. The molecule has 0 spiro atoms. The third kappa shape index (κ3) is 5.10. The van der Waals surface area contributed by atoms with Gasteiger partial charge in [0.2, 0.25) is 0 Å². The van der Waals surface area contributed by atoms with E-state index >= 15 is 0 Å². The maximum absolute atomic E-state index is 12.3. The van der Waals surface area contributed by atoms with Gasteiger partial charge in [0.05, 0.1) is 26.0 Å². The second-order valence-corrected chi connectivity index (χ2v) is 7.42. The summed E-state index contributed by atoms with van der Waals surface area (Å²) in [6.07, 6.45) is 1.48. The van der Waals surface area contributed by atoms with Crippen molar-refractivity contribution < 1.29 is 24.1 Å². The molecule has 1 amide bonds. The third-order valence-corrected chi connectivity index (χ3v) is 5.28. The SMILES string of the molecule is COc1ccc(C(=O)N/N=C\c2ccc(OCc3cccc4ccccc34)c(OC)c2)c(O)c1. The highest BCUT2D eigenvalue weighted by Crippen LogP contribution is 2.29. The molecule has 0 bridgehead atoms. The number of benzene rings is 4. The van der Waals surface area contributed by atoms with E-state index in [1.807, 2.05) is 30.3 Å². The number of rotatable bonds is 8. The van der Waals surface area contributed by atoms with Crippen molar-refractivity contribution in [2.24, 2.45) is 5.10 Å². The van der Waals surface area contributed by atoms with Gasteiger partial charge in [-0.1, -0.05) is 42.5 Å². The topological polar surface area (TPSA) is 89.4 Å². The van der Waals surface area contributed by atoms with Crippen molar-refractivity contribution in [3.8, 4) is 23.0 Å². The fraction of sp³-hybridized carbons (Fsp3) is 0.111. The van der Waals surface area contributed by atoms with Crippen LogP contribution in [0.3, 0.4) is 0 Å². The predicted octanol–water partition coefficient (Wildman–Crippen LogP) is 4.91. The Morgan fingerprint density at radius 2 is 1.76 bits per heavy atom. The molecule has 0 saturated heterocycles. The van der Waals surface area contributed by atoms with Crippen molar-refractivity contribution in [3.05, 3.63) is 95.6 Å². The average Bonchev–Trinajstić information content (AvgIpc) is 2.87. The van der Waals surface area contributed by atoms with Crippen LogP contribution in [0.5, 0.6) is 23.0 Å². The molecule has 7 heteroatoms. The molecule has 0 fully saturated rings. The molecule has 0 aliphatic rings. The Labute approximate surface area is 197 Å². The highest BCUT2D eigenvalue weighted by atomic mass is 16.5. The fourth-order valence-corrected chi connectivity index (χ4v) is 3.51. The van der Waals surface area contributed by atoms with Gasteiger partial charge < -0.3 is 19.3 Å². The van der Waals surface area contributed by atoms with Crippen LogP contribution in [0.25, 0.3) is 10.8 Å². The highest BCUT2D eigenvalue weighted by Gasteiger charge is 2.11. The van der Waals surface area contributed by atoms with Crippen molar-refractivity contribution in [3.63, 3.8) is 0 Å². The number of aromatic hydroxyl groups is 1. The van der Waals surface area contributed by atoms with Crippen molar-refractivity contribution in [2.45, 2.75) is 6.61 Å². The van der Waals surface area contributed by atoms with E-state index in [0.717, 1.165) is 16.3 Å². The van der Waals surface area contributed by atoms with Gasteiger partial charge in [0.1, 0.15) is 18.1 Å². The number of hydrazone groups is 1. The Hall–Kier alpha value is -4.52. The molecule has 0 aliphatic heterocycles. The summed E-state index contributed by atoms with van der Waals surface area (Å²) in [5.74, 6) is 0.857. The monoisotopic (exact) mass is 456 g/mol. The number of phenolic OH excluding ortho intramolecular Hbond substituents is 1. The van der Waals surface area contributed by atoms with E-state index in [1.165, 1.54) is 25.5 Å². The molecule has 4 aromatic rings. The second-order valence-electron chi connectivity index (χ2n) is 7.42. The first-order valence-corrected chi connectivity index (χ1v) is 10.6. The minimum absolute atomic E-state index is 0.0905. The van der Waals surface area contributed by atoms with Crippen molar-refractivity contribution in [1.29, 1.82) is 0 Å². The number of methoxy groups -OCH3 is 2. The van der Waals surface area contributed by atoms with E-state index in [9.17, 15) is 9.90 Å². The summed E-state index contributed by atoms with van der Waals surface area (Å²) >= 11 is 0. The molecule has 2 N–H and O–H groups in total. The van der Waals surface area contributed by atoms with Gasteiger partial charge in [-0.3, -0.25) is 4.79 Å². The summed E-state index contributed by atoms with van der Waals surface area (Å²) in [6, 6.07) is 24.1. The Morgan fingerprint density at radius 1 is 0.941 bits per heavy atom. The van der Waals surface area contributed by atoms with E-state index in [2.05, 4.69) is 28.7 Å². The molecule has 4 rings (SSSR count). The van der Waals surface area contributed by atoms with Crippen molar-refractivity contribution in [2.75, 3.05) is 14.2 Å². The number of hydrogen-bond donors (Lipinski definition) is 2. The molecule has 172 valence electrons. The van der Waals surface area contributed by atoms with Crippen molar-refractivity contribution in [1.82, 2.24) is 5.43 Å². The van der Waals surface area contributed by atoms with Gasteiger partial charge in [0.25, 0.3) is 5.91 Å². The quantitative estimate of drug-likeness (QED) is 0.291. The molecule has 4 aromatic carbocycles. The van der Waals surface area contributed by atoms with Crippen LogP contribution < -0.4 is 19.6 Å². The van der Waals surface area contributed by atoms with Crippen LogP contribution in [0, 0.1) is 0 Å². The molecule has 0 heterocycles. The number of nitrogens with one attached hydrogen (secondary N) is 1. The lowest BCUT2D eigenvalue weighted by Gasteiger charge is -2.12. The predicted molar refractivity (Wildman–Crippen MR) is 131 cm³/mol. The largest absolute Gasteiger partial charge is 0.507 e. The lowest BCUT2D eigenvalue weighted by atomic mass is 10.1. The highest BCUT2D eigenvalue weighted by molar-refractivity contribution is 5.97. The second kappa shape index (κ2) is 10.4. The smallest absolute Gasteiger partial charge is 0.275 e. The molecule has 0 radical (unpaired) electrons. The molecule has 0 saturated carbocycles. The number of carbonyl (C=O) groups excluding carboxylic acids is 1. The zero-order valence-electron chi connectivity index (χ0n) is 18.8.